The lowest BCUT2D eigenvalue weighted by Gasteiger charge is -2.24. The molecule has 0 amide bonds. The van der Waals surface area contributed by atoms with Gasteiger partial charge in [-0.25, -0.2) is 0 Å². The maximum absolute atomic E-state index is 14.2. The highest BCUT2D eigenvalue weighted by Crippen LogP contribution is 2.32. The Hall–Kier alpha value is -3.68. The van der Waals surface area contributed by atoms with E-state index in [9.17, 15) is 17.6 Å². The number of nitrogens with zero attached hydrogens (tertiary/aromatic N) is 4. The van der Waals surface area contributed by atoms with Crippen LogP contribution >= 0.6 is 0 Å². The van der Waals surface area contributed by atoms with Crippen molar-refractivity contribution in [3.8, 4) is 22.5 Å². The average Bonchev–Trinajstić information content (AvgIpc) is 2.72. The van der Waals surface area contributed by atoms with E-state index >= 15 is 0 Å². The van der Waals surface area contributed by atoms with Crippen LogP contribution in [-0.4, -0.2) is 19.9 Å². The second-order valence-corrected chi connectivity index (χ2v) is 7.24. The molecule has 0 aliphatic rings. The number of aromatic nitrogens is 4. The fraction of sp³-hybridized carbons (Fsp3) is 0.130. The van der Waals surface area contributed by atoms with Crippen LogP contribution in [0.4, 0.5) is 17.6 Å². The van der Waals surface area contributed by atoms with Gasteiger partial charge in [-0.15, -0.1) is 0 Å². The van der Waals surface area contributed by atoms with Gasteiger partial charge in [0.2, 0.25) is 23.8 Å². The van der Waals surface area contributed by atoms with Gasteiger partial charge in [0, 0.05) is 5.41 Å². The van der Waals surface area contributed by atoms with Crippen LogP contribution in [0.2, 0.25) is 0 Å². The molecule has 8 heteroatoms. The molecule has 4 aromatic heterocycles. The first kappa shape index (κ1) is 18.1. The van der Waals surface area contributed by atoms with Gasteiger partial charge >= 0.3 is 0 Å². The van der Waals surface area contributed by atoms with Gasteiger partial charge in [-0.1, -0.05) is 12.1 Å². The molecule has 0 aliphatic heterocycles. The van der Waals surface area contributed by atoms with Gasteiger partial charge < -0.3 is 0 Å². The Balaban J connectivity index is 1.83. The third kappa shape index (κ3) is 4.01. The van der Waals surface area contributed by atoms with Gasteiger partial charge in [0.15, 0.2) is 0 Å². The topological polar surface area (TPSA) is 51.6 Å². The van der Waals surface area contributed by atoms with Crippen molar-refractivity contribution >= 4 is 0 Å². The third-order valence-corrected chi connectivity index (χ3v) is 4.82. The summed E-state index contributed by atoms with van der Waals surface area (Å²) in [5.41, 5.74) is -0.384. The molecular formula is C23H16F4N4. The number of halogens is 4. The summed E-state index contributed by atoms with van der Waals surface area (Å²) in [4.78, 5) is 15.2. The van der Waals surface area contributed by atoms with E-state index in [1.807, 2.05) is 0 Å². The standard InChI is InChI=1S/C23H16F4N4/c1-23(2,17-7-3-5-15(28-17)13-9-11-19(24)30-21(13)26)18-8-4-6-16(29-18)14-10-12-20(25)31-22(14)27/h3-12H,1-2H3/i3D,4D. The molecule has 0 fully saturated rings. The lowest BCUT2D eigenvalue weighted by atomic mass is 9.84. The van der Waals surface area contributed by atoms with Crippen LogP contribution in [0.1, 0.15) is 28.0 Å². The highest BCUT2D eigenvalue weighted by molar-refractivity contribution is 5.60. The predicted molar refractivity (Wildman–Crippen MR) is 107 cm³/mol. The first-order valence-electron chi connectivity index (χ1n) is 10.2. The second kappa shape index (κ2) is 7.86. The van der Waals surface area contributed by atoms with Gasteiger partial charge in [0.25, 0.3) is 0 Å². The lowest BCUT2D eigenvalue weighted by molar-refractivity contribution is 0.514. The zero-order valence-corrected chi connectivity index (χ0v) is 16.4. The number of hydrogen-bond acceptors (Lipinski definition) is 4. The molecule has 4 rings (SSSR count). The van der Waals surface area contributed by atoms with Gasteiger partial charge in [0.05, 0.1) is 36.6 Å². The molecule has 31 heavy (non-hydrogen) atoms. The van der Waals surface area contributed by atoms with Crippen molar-refractivity contribution in [2.75, 3.05) is 0 Å². The van der Waals surface area contributed by atoms with Crippen molar-refractivity contribution in [3.05, 3.63) is 95.8 Å². The molecular weight excluding hydrogens is 408 g/mol. The van der Waals surface area contributed by atoms with Crippen molar-refractivity contribution in [1.82, 2.24) is 19.9 Å². The van der Waals surface area contributed by atoms with Gasteiger partial charge in [0.1, 0.15) is 0 Å². The van der Waals surface area contributed by atoms with Crippen molar-refractivity contribution in [1.29, 1.82) is 0 Å². The van der Waals surface area contributed by atoms with Crippen molar-refractivity contribution in [2.45, 2.75) is 19.3 Å². The van der Waals surface area contributed by atoms with Crippen LogP contribution in [0, 0.1) is 23.8 Å². The number of pyridine rings is 4. The Morgan fingerprint density at radius 2 is 1.03 bits per heavy atom. The highest BCUT2D eigenvalue weighted by atomic mass is 19.1. The second-order valence-electron chi connectivity index (χ2n) is 7.24. The van der Waals surface area contributed by atoms with E-state index in [0.717, 1.165) is 12.1 Å². The van der Waals surface area contributed by atoms with Crippen LogP contribution in [0.3, 0.4) is 0 Å². The molecule has 0 atom stereocenters. The average molecular weight is 426 g/mol. The molecule has 0 spiro atoms. The molecule has 0 bridgehead atoms. The number of rotatable bonds is 4. The molecule has 0 unspecified atom stereocenters. The fourth-order valence-electron chi connectivity index (χ4n) is 3.04. The number of hydrogen-bond donors (Lipinski definition) is 0. The Labute approximate surface area is 178 Å². The first-order chi connectivity index (χ1) is 15.5. The van der Waals surface area contributed by atoms with E-state index in [-0.39, 0.29) is 34.6 Å². The predicted octanol–water partition coefficient (Wildman–Crippen LogP) is 5.48. The molecule has 0 aliphatic carbocycles. The zero-order valence-electron chi connectivity index (χ0n) is 18.4. The van der Waals surface area contributed by atoms with Crippen molar-refractivity contribution in [2.24, 2.45) is 0 Å². The summed E-state index contributed by atoms with van der Waals surface area (Å²) in [6.45, 7) is 3.45. The highest BCUT2D eigenvalue weighted by Gasteiger charge is 2.27. The molecule has 4 aromatic rings. The lowest BCUT2D eigenvalue weighted by Crippen LogP contribution is -2.22. The molecule has 0 saturated carbocycles. The molecule has 156 valence electrons. The first-order valence-corrected chi connectivity index (χ1v) is 9.18. The summed E-state index contributed by atoms with van der Waals surface area (Å²) in [7, 11) is 0. The molecule has 0 aromatic carbocycles. The van der Waals surface area contributed by atoms with E-state index in [1.54, 1.807) is 13.8 Å². The summed E-state index contributed by atoms with van der Waals surface area (Å²) in [5.74, 6) is -4.09. The van der Waals surface area contributed by atoms with Gasteiger partial charge in [-0.05, 0) is 62.4 Å². The van der Waals surface area contributed by atoms with E-state index in [2.05, 4.69) is 19.9 Å². The van der Waals surface area contributed by atoms with E-state index < -0.39 is 29.2 Å². The van der Waals surface area contributed by atoms with Crippen LogP contribution in [0.5, 0.6) is 0 Å². The fourth-order valence-corrected chi connectivity index (χ4v) is 3.04. The normalized spacial score (nSPS) is 12.5. The van der Waals surface area contributed by atoms with Crippen LogP contribution in [0.15, 0.2) is 60.6 Å². The Bertz CT molecular complexity index is 1280. The largest absolute Gasteiger partial charge is 0.252 e. The van der Waals surface area contributed by atoms with Gasteiger partial charge in [-0.2, -0.15) is 27.5 Å². The van der Waals surface area contributed by atoms with Crippen LogP contribution < -0.4 is 0 Å². The van der Waals surface area contributed by atoms with Crippen molar-refractivity contribution < 1.29 is 20.3 Å². The Morgan fingerprint density at radius 3 is 1.42 bits per heavy atom. The quantitative estimate of drug-likeness (QED) is 0.320. The smallest absolute Gasteiger partial charge is 0.224 e. The van der Waals surface area contributed by atoms with E-state index in [0.29, 0.717) is 11.4 Å². The molecule has 0 radical (unpaired) electrons. The van der Waals surface area contributed by atoms with Crippen molar-refractivity contribution in [3.63, 3.8) is 0 Å². The summed E-state index contributed by atoms with van der Waals surface area (Å²) in [5, 5.41) is 0. The van der Waals surface area contributed by atoms with Crippen LogP contribution in [-0.2, 0) is 5.41 Å². The Morgan fingerprint density at radius 1 is 0.613 bits per heavy atom. The maximum atomic E-state index is 14.2. The monoisotopic (exact) mass is 426 g/mol. The summed E-state index contributed by atoms with van der Waals surface area (Å²) >= 11 is 0. The van der Waals surface area contributed by atoms with E-state index in [1.165, 1.54) is 36.4 Å². The van der Waals surface area contributed by atoms with Gasteiger partial charge in [-0.3, -0.25) is 9.97 Å². The molecule has 0 saturated heterocycles. The Kier molecular flexibility index (Phi) is 4.60. The van der Waals surface area contributed by atoms with Crippen LogP contribution in [0.25, 0.3) is 22.5 Å². The summed E-state index contributed by atoms with van der Waals surface area (Å²) in [6.07, 6.45) is 0. The van der Waals surface area contributed by atoms with E-state index in [4.69, 9.17) is 2.74 Å². The molecule has 0 N–H and O–H groups in total. The summed E-state index contributed by atoms with van der Waals surface area (Å²) in [6, 6.07) is 9.92. The SMILES string of the molecule is [2H]c1cc(-c2ccc(F)nc2F)nc(C(C)(C)c2cc([2H])cc(-c3ccc(F)nc3F)n2)c1. The summed E-state index contributed by atoms with van der Waals surface area (Å²) < 4.78 is 71.1. The third-order valence-electron chi connectivity index (χ3n) is 4.82. The minimum absolute atomic E-state index is 0.0165. The maximum Gasteiger partial charge on any atom is 0.224 e. The molecule has 4 nitrogen and oxygen atoms in total. The molecule has 4 heterocycles. The minimum Gasteiger partial charge on any atom is -0.252 e. The minimum atomic E-state index is -1.07. The zero-order chi connectivity index (χ0) is 23.9.